The molecule has 3 nitrogen and oxygen atoms in total. The molecular formula is C12H19BrN2O. The van der Waals surface area contributed by atoms with Gasteiger partial charge in [-0.25, -0.2) is 0 Å². The van der Waals surface area contributed by atoms with E-state index in [4.69, 9.17) is 10.5 Å². The summed E-state index contributed by atoms with van der Waals surface area (Å²) in [7, 11) is 3.78. The third kappa shape index (κ3) is 4.12. The van der Waals surface area contributed by atoms with Gasteiger partial charge in [-0.05, 0) is 50.3 Å². The second-order valence-corrected chi connectivity index (χ2v) is 4.69. The van der Waals surface area contributed by atoms with Gasteiger partial charge in [-0.2, -0.15) is 0 Å². The average Bonchev–Trinajstić information content (AvgIpc) is 2.29. The Kier molecular flexibility index (Phi) is 5.80. The number of methoxy groups -OCH3 is 1. The topological polar surface area (TPSA) is 38.5 Å². The SMILES string of the molecule is COc1ccc(Br)c(CN(C)CCCN)c1. The van der Waals surface area contributed by atoms with Crippen LogP contribution in [0.15, 0.2) is 22.7 Å². The van der Waals surface area contributed by atoms with Crippen LogP contribution in [-0.2, 0) is 6.54 Å². The number of ether oxygens (including phenoxy) is 1. The molecule has 0 aliphatic heterocycles. The van der Waals surface area contributed by atoms with E-state index in [1.807, 2.05) is 12.1 Å². The van der Waals surface area contributed by atoms with Crippen molar-refractivity contribution in [3.63, 3.8) is 0 Å². The molecule has 0 atom stereocenters. The molecule has 0 fully saturated rings. The second-order valence-electron chi connectivity index (χ2n) is 3.84. The highest BCUT2D eigenvalue weighted by molar-refractivity contribution is 9.10. The zero-order chi connectivity index (χ0) is 12.0. The van der Waals surface area contributed by atoms with E-state index in [1.54, 1.807) is 7.11 Å². The lowest BCUT2D eigenvalue weighted by Crippen LogP contribution is -2.21. The van der Waals surface area contributed by atoms with Gasteiger partial charge in [-0.3, -0.25) is 0 Å². The highest BCUT2D eigenvalue weighted by Gasteiger charge is 2.05. The average molecular weight is 287 g/mol. The summed E-state index contributed by atoms with van der Waals surface area (Å²) >= 11 is 3.55. The van der Waals surface area contributed by atoms with Crippen LogP contribution in [0.2, 0.25) is 0 Å². The van der Waals surface area contributed by atoms with E-state index in [-0.39, 0.29) is 0 Å². The molecule has 1 rings (SSSR count). The van der Waals surface area contributed by atoms with Crippen LogP contribution in [0, 0.1) is 0 Å². The first-order chi connectivity index (χ1) is 7.67. The minimum absolute atomic E-state index is 0.740. The first-order valence-corrected chi connectivity index (χ1v) is 6.17. The minimum Gasteiger partial charge on any atom is -0.497 e. The molecule has 0 saturated carbocycles. The maximum Gasteiger partial charge on any atom is 0.119 e. The standard InChI is InChI=1S/C12H19BrN2O/c1-15(7-3-6-14)9-10-8-11(16-2)4-5-12(10)13/h4-5,8H,3,6-7,9,14H2,1-2H3. The van der Waals surface area contributed by atoms with Crippen LogP contribution >= 0.6 is 15.9 Å². The van der Waals surface area contributed by atoms with E-state index in [0.717, 1.165) is 36.3 Å². The highest BCUT2D eigenvalue weighted by Crippen LogP contribution is 2.23. The number of nitrogens with zero attached hydrogens (tertiary/aromatic N) is 1. The summed E-state index contributed by atoms with van der Waals surface area (Å²) < 4.78 is 6.33. The van der Waals surface area contributed by atoms with Crippen LogP contribution in [0.1, 0.15) is 12.0 Å². The van der Waals surface area contributed by atoms with Gasteiger partial charge in [0.1, 0.15) is 5.75 Å². The first kappa shape index (κ1) is 13.5. The molecule has 0 aromatic heterocycles. The lowest BCUT2D eigenvalue weighted by atomic mass is 10.2. The predicted octanol–water partition coefficient (Wildman–Crippen LogP) is 2.24. The first-order valence-electron chi connectivity index (χ1n) is 5.38. The number of rotatable bonds is 6. The third-order valence-corrected chi connectivity index (χ3v) is 3.21. The molecule has 4 heteroatoms. The van der Waals surface area contributed by atoms with Crippen LogP contribution in [0.5, 0.6) is 5.75 Å². The largest absolute Gasteiger partial charge is 0.497 e. The monoisotopic (exact) mass is 286 g/mol. The van der Waals surface area contributed by atoms with Gasteiger partial charge in [-0.1, -0.05) is 15.9 Å². The fourth-order valence-corrected chi connectivity index (χ4v) is 1.90. The van der Waals surface area contributed by atoms with Crippen molar-refractivity contribution in [3.05, 3.63) is 28.2 Å². The van der Waals surface area contributed by atoms with E-state index >= 15 is 0 Å². The van der Waals surface area contributed by atoms with E-state index in [9.17, 15) is 0 Å². The molecule has 2 N–H and O–H groups in total. The van der Waals surface area contributed by atoms with Crippen molar-refractivity contribution in [1.82, 2.24) is 4.90 Å². The summed E-state index contributed by atoms with van der Waals surface area (Å²) in [6.45, 7) is 2.65. The predicted molar refractivity (Wildman–Crippen MR) is 70.7 cm³/mol. The van der Waals surface area contributed by atoms with Crippen LogP contribution in [0.3, 0.4) is 0 Å². The summed E-state index contributed by atoms with van der Waals surface area (Å²) in [5.74, 6) is 0.894. The van der Waals surface area contributed by atoms with Gasteiger partial charge >= 0.3 is 0 Å². The molecule has 0 saturated heterocycles. The molecule has 0 bridgehead atoms. The Labute approximate surface area is 106 Å². The van der Waals surface area contributed by atoms with Gasteiger partial charge in [0.05, 0.1) is 7.11 Å². The smallest absolute Gasteiger partial charge is 0.119 e. The van der Waals surface area contributed by atoms with Crippen LogP contribution < -0.4 is 10.5 Å². The zero-order valence-electron chi connectivity index (χ0n) is 9.87. The minimum atomic E-state index is 0.740. The molecule has 90 valence electrons. The third-order valence-electron chi connectivity index (χ3n) is 2.44. The quantitative estimate of drug-likeness (QED) is 0.872. The Morgan fingerprint density at radius 3 is 2.81 bits per heavy atom. The molecule has 16 heavy (non-hydrogen) atoms. The van der Waals surface area contributed by atoms with E-state index < -0.39 is 0 Å². The molecule has 0 aliphatic rings. The molecule has 0 heterocycles. The summed E-state index contributed by atoms with van der Waals surface area (Å²) in [5, 5.41) is 0. The van der Waals surface area contributed by atoms with E-state index in [0.29, 0.717) is 0 Å². The van der Waals surface area contributed by atoms with Crippen molar-refractivity contribution in [2.24, 2.45) is 5.73 Å². The Bertz CT molecular complexity index is 331. The summed E-state index contributed by atoms with van der Waals surface area (Å²) in [6.07, 6.45) is 1.03. The number of benzene rings is 1. The fourth-order valence-electron chi connectivity index (χ4n) is 1.53. The van der Waals surface area contributed by atoms with Crippen LogP contribution in [0.4, 0.5) is 0 Å². The molecular weight excluding hydrogens is 268 g/mol. The number of hydrogen-bond acceptors (Lipinski definition) is 3. The number of nitrogens with two attached hydrogens (primary N) is 1. The highest BCUT2D eigenvalue weighted by atomic mass is 79.9. The Morgan fingerprint density at radius 1 is 1.44 bits per heavy atom. The van der Waals surface area contributed by atoms with Gasteiger partial charge in [0.2, 0.25) is 0 Å². The summed E-state index contributed by atoms with van der Waals surface area (Å²) in [4.78, 5) is 2.26. The molecule has 0 radical (unpaired) electrons. The fraction of sp³-hybridized carbons (Fsp3) is 0.500. The van der Waals surface area contributed by atoms with Crippen molar-refractivity contribution in [1.29, 1.82) is 0 Å². The summed E-state index contributed by atoms with van der Waals surface area (Å²) in [6, 6.07) is 6.03. The van der Waals surface area contributed by atoms with Gasteiger partial charge in [0.25, 0.3) is 0 Å². The summed E-state index contributed by atoms with van der Waals surface area (Å²) in [5.41, 5.74) is 6.72. The Balaban J connectivity index is 2.64. The van der Waals surface area contributed by atoms with Crippen molar-refractivity contribution in [2.75, 3.05) is 27.2 Å². The van der Waals surface area contributed by atoms with Crippen LogP contribution in [0.25, 0.3) is 0 Å². The van der Waals surface area contributed by atoms with Crippen LogP contribution in [-0.4, -0.2) is 32.1 Å². The lowest BCUT2D eigenvalue weighted by molar-refractivity contribution is 0.322. The maximum atomic E-state index is 5.49. The lowest BCUT2D eigenvalue weighted by Gasteiger charge is -2.17. The molecule has 1 aromatic carbocycles. The Hall–Kier alpha value is -0.580. The van der Waals surface area contributed by atoms with Gasteiger partial charge in [0.15, 0.2) is 0 Å². The molecule has 0 amide bonds. The number of halogens is 1. The molecule has 0 spiro atoms. The Morgan fingerprint density at radius 2 is 2.19 bits per heavy atom. The second kappa shape index (κ2) is 6.89. The molecule has 0 unspecified atom stereocenters. The number of hydrogen-bond donors (Lipinski definition) is 1. The molecule has 1 aromatic rings. The normalized spacial score (nSPS) is 10.8. The zero-order valence-corrected chi connectivity index (χ0v) is 11.5. The maximum absolute atomic E-state index is 5.49. The van der Waals surface area contributed by atoms with E-state index in [1.165, 1.54) is 5.56 Å². The van der Waals surface area contributed by atoms with Crippen molar-refractivity contribution < 1.29 is 4.74 Å². The van der Waals surface area contributed by atoms with Crippen molar-refractivity contribution in [3.8, 4) is 5.75 Å². The van der Waals surface area contributed by atoms with Gasteiger partial charge in [0, 0.05) is 11.0 Å². The van der Waals surface area contributed by atoms with Crippen molar-refractivity contribution >= 4 is 15.9 Å². The van der Waals surface area contributed by atoms with Gasteiger partial charge < -0.3 is 15.4 Å². The van der Waals surface area contributed by atoms with E-state index in [2.05, 4.69) is 33.9 Å². The van der Waals surface area contributed by atoms with Crippen molar-refractivity contribution in [2.45, 2.75) is 13.0 Å². The van der Waals surface area contributed by atoms with Gasteiger partial charge in [-0.15, -0.1) is 0 Å². The molecule has 0 aliphatic carbocycles.